The lowest BCUT2D eigenvalue weighted by Gasteiger charge is -2.40. The summed E-state index contributed by atoms with van der Waals surface area (Å²) in [5.41, 5.74) is 0.972. The van der Waals surface area contributed by atoms with Gasteiger partial charge in [-0.1, -0.05) is 20.8 Å². The van der Waals surface area contributed by atoms with Crippen LogP contribution in [0.1, 0.15) is 47.0 Å². The standard InChI is InChI=1S/C16H27N3/c1-12(10-19-8-7-17-11-19)18-14-9-13-5-6-16(14,4)15(13,2)3/h7-8,11-14,18H,5-6,9-10H2,1-4H3. The van der Waals surface area contributed by atoms with E-state index < -0.39 is 0 Å². The second-order valence-corrected chi connectivity index (χ2v) is 7.49. The molecule has 0 radical (unpaired) electrons. The first kappa shape index (κ1) is 13.2. The van der Waals surface area contributed by atoms with E-state index in [4.69, 9.17) is 0 Å². The molecule has 1 N–H and O–H groups in total. The van der Waals surface area contributed by atoms with E-state index in [1.165, 1.54) is 19.3 Å². The first-order valence-electron chi connectivity index (χ1n) is 7.65. The zero-order valence-corrected chi connectivity index (χ0v) is 12.7. The van der Waals surface area contributed by atoms with E-state index in [1.54, 1.807) is 0 Å². The van der Waals surface area contributed by atoms with E-state index >= 15 is 0 Å². The third-order valence-electron chi connectivity index (χ3n) is 6.32. The molecule has 106 valence electrons. The highest BCUT2D eigenvalue weighted by molar-refractivity contribution is 5.13. The lowest BCUT2D eigenvalue weighted by atomic mass is 9.69. The Kier molecular flexibility index (Phi) is 3.01. The van der Waals surface area contributed by atoms with Crippen LogP contribution < -0.4 is 5.32 Å². The van der Waals surface area contributed by atoms with Crippen molar-refractivity contribution in [3.05, 3.63) is 18.7 Å². The molecule has 2 aliphatic carbocycles. The van der Waals surface area contributed by atoms with Crippen molar-refractivity contribution in [2.24, 2.45) is 16.7 Å². The van der Waals surface area contributed by atoms with Crippen LogP contribution in [0, 0.1) is 16.7 Å². The van der Waals surface area contributed by atoms with Crippen LogP contribution >= 0.6 is 0 Å². The van der Waals surface area contributed by atoms with Crippen LogP contribution in [0.2, 0.25) is 0 Å². The second kappa shape index (κ2) is 4.34. The average Bonchev–Trinajstić information content (AvgIpc) is 2.95. The molecule has 3 heteroatoms. The van der Waals surface area contributed by atoms with Crippen LogP contribution in [0.4, 0.5) is 0 Å². The van der Waals surface area contributed by atoms with Crippen molar-refractivity contribution >= 4 is 0 Å². The molecule has 2 bridgehead atoms. The van der Waals surface area contributed by atoms with Crippen LogP contribution in [0.15, 0.2) is 18.7 Å². The van der Waals surface area contributed by atoms with Crippen molar-refractivity contribution < 1.29 is 0 Å². The van der Waals surface area contributed by atoms with Gasteiger partial charge in [-0.15, -0.1) is 0 Å². The number of rotatable bonds is 4. The molecule has 4 unspecified atom stereocenters. The normalized spacial score (nSPS) is 37.7. The summed E-state index contributed by atoms with van der Waals surface area (Å²) in [6.07, 6.45) is 9.99. The molecule has 19 heavy (non-hydrogen) atoms. The Bertz CT molecular complexity index is 437. The van der Waals surface area contributed by atoms with Gasteiger partial charge in [0.1, 0.15) is 0 Å². The summed E-state index contributed by atoms with van der Waals surface area (Å²) in [6, 6.07) is 1.19. The van der Waals surface area contributed by atoms with Crippen molar-refractivity contribution in [3.63, 3.8) is 0 Å². The highest BCUT2D eigenvalue weighted by Crippen LogP contribution is 2.65. The SMILES string of the molecule is CC(Cn1ccnc1)NC1CC2CCC1(C)C2(C)C. The Labute approximate surface area is 116 Å². The van der Waals surface area contributed by atoms with Gasteiger partial charge in [-0.3, -0.25) is 0 Å². The van der Waals surface area contributed by atoms with E-state index in [1.807, 2.05) is 18.7 Å². The molecule has 1 heterocycles. The minimum Gasteiger partial charge on any atom is -0.336 e. The fraction of sp³-hybridized carbons (Fsp3) is 0.812. The number of nitrogens with one attached hydrogen (secondary N) is 1. The molecule has 2 aliphatic rings. The molecule has 3 rings (SSSR count). The van der Waals surface area contributed by atoms with Gasteiger partial charge in [-0.05, 0) is 42.9 Å². The van der Waals surface area contributed by atoms with Crippen LogP contribution in [0.5, 0.6) is 0 Å². The third kappa shape index (κ3) is 1.94. The van der Waals surface area contributed by atoms with E-state index in [0.717, 1.165) is 12.5 Å². The van der Waals surface area contributed by atoms with Crippen molar-refractivity contribution in [1.29, 1.82) is 0 Å². The Morgan fingerprint density at radius 3 is 2.74 bits per heavy atom. The number of aromatic nitrogens is 2. The molecule has 0 spiro atoms. The molecule has 4 atom stereocenters. The van der Waals surface area contributed by atoms with E-state index in [-0.39, 0.29) is 0 Å². The maximum Gasteiger partial charge on any atom is 0.0946 e. The van der Waals surface area contributed by atoms with Crippen molar-refractivity contribution in [2.45, 2.75) is 65.6 Å². The maximum atomic E-state index is 4.12. The monoisotopic (exact) mass is 261 g/mol. The predicted octanol–water partition coefficient (Wildman–Crippen LogP) is 3.08. The molecule has 0 saturated heterocycles. The topological polar surface area (TPSA) is 29.9 Å². The number of nitrogens with zero attached hydrogens (tertiary/aromatic N) is 2. The van der Waals surface area contributed by atoms with Crippen LogP contribution in [0.3, 0.4) is 0 Å². The van der Waals surface area contributed by atoms with Gasteiger partial charge in [0.25, 0.3) is 0 Å². The molecule has 2 fully saturated rings. The lowest BCUT2D eigenvalue weighted by molar-refractivity contribution is 0.115. The quantitative estimate of drug-likeness (QED) is 0.902. The highest BCUT2D eigenvalue weighted by atomic mass is 15.1. The largest absolute Gasteiger partial charge is 0.336 e. The van der Waals surface area contributed by atoms with Crippen molar-refractivity contribution in [3.8, 4) is 0 Å². The summed E-state index contributed by atoms with van der Waals surface area (Å²) in [6.45, 7) is 10.8. The van der Waals surface area contributed by atoms with Gasteiger partial charge in [0.15, 0.2) is 0 Å². The lowest BCUT2D eigenvalue weighted by Crippen LogP contribution is -2.48. The molecular formula is C16H27N3. The number of imidazole rings is 1. The number of hydrogen-bond acceptors (Lipinski definition) is 2. The molecule has 0 aromatic carbocycles. The minimum absolute atomic E-state index is 0.473. The smallest absolute Gasteiger partial charge is 0.0946 e. The summed E-state index contributed by atoms with van der Waals surface area (Å²) in [5.74, 6) is 0.912. The summed E-state index contributed by atoms with van der Waals surface area (Å²) < 4.78 is 2.17. The van der Waals surface area contributed by atoms with Gasteiger partial charge in [0, 0.05) is 31.0 Å². The van der Waals surface area contributed by atoms with Gasteiger partial charge in [-0.25, -0.2) is 4.98 Å². The molecular weight excluding hydrogens is 234 g/mol. The van der Waals surface area contributed by atoms with Crippen LogP contribution in [-0.2, 0) is 6.54 Å². The van der Waals surface area contributed by atoms with Crippen LogP contribution in [-0.4, -0.2) is 21.6 Å². The second-order valence-electron chi connectivity index (χ2n) is 7.49. The molecule has 1 aromatic rings. The predicted molar refractivity (Wildman–Crippen MR) is 77.8 cm³/mol. The first-order chi connectivity index (χ1) is 8.93. The van der Waals surface area contributed by atoms with Gasteiger partial charge >= 0.3 is 0 Å². The van der Waals surface area contributed by atoms with E-state index in [9.17, 15) is 0 Å². The van der Waals surface area contributed by atoms with E-state index in [2.05, 4.69) is 42.6 Å². The van der Waals surface area contributed by atoms with Crippen LogP contribution in [0.25, 0.3) is 0 Å². The van der Waals surface area contributed by atoms with Crippen molar-refractivity contribution in [2.75, 3.05) is 0 Å². The van der Waals surface area contributed by atoms with E-state index in [0.29, 0.717) is 22.9 Å². The van der Waals surface area contributed by atoms with Crippen molar-refractivity contribution in [1.82, 2.24) is 14.9 Å². The van der Waals surface area contributed by atoms with Gasteiger partial charge in [-0.2, -0.15) is 0 Å². The summed E-state index contributed by atoms with van der Waals surface area (Å²) in [4.78, 5) is 4.12. The maximum absolute atomic E-state index is 4.12. The zero-order chi connectivity index (χ0) is 13.7. The summed E-state index contributed by atoms with van der Waals surface area (Å²) in [5, 5.41) is 3.90. The third-order valence-corrected chi connectivity index (χ3v) is 6.32. The fourth-order valence-corrected chi connectivity index (χ4v) is 4.56. The summed E-state index contributed by atoms with van der Waals surface area (Å²) in [7, 11) is 0. The number of fused-ring (bicyclic) bond motifs is 2. The van der Waals surface area contributed by atoms with Gasteiger partial charge in [0.2, 0.25) is 0 Å². The molecule has 0 amide bonds. The number of hydrogen-bond donors (Lipinski definition) is 1. The Morgan fingerprint density at radius 1 is 1.42 bits per heavy atom. The Hall–Kier alpha value is -0.830. The zero-order valence-electron chi connectivity index (χ0n) is 12.7. The highest BCUT2D eigenvalue weighted by Gasteiger charge is 2.61. The average molecular weight is 261 g/mol. The molecule has 1 aromatic heterocycles. The van der Waals surface area contributed by atoms with Gasteiger partial charge < -0.3 is 9.88 Å². The summed E-state index contributed by atoms with van der Waals surface area (Å²) >= 11 is 0. The minimum atomic E-state index is 0.473. The molecule has 3 nitrogen and oxygen atoms in total. The molecule has 0 aliphatic heterocycles. The fourth-order valence-electron chi connectivity index (χ4n) is 4.56. The Morgan fingerprint density at radius 2 is 2.21 bits per heavy atom. The molecule has 2 saturated carbocycles. The van der Waals surface area contributed by atoms with Gasteiger partial charge in [0.05, 0.1) is 6.33 Å². The first-order valence-corrected chi connectivity index (χ1v) is 7.65. The Balaban J connectivity index is 1.65.